The summed E-state index contributed by atoms with van der Waals surface area (Å²) in [6, 6.07) is 13.8. The van der Waals surface area contributed by atoms with Gasteiger partial charge in [0.2, 0.25) is 0 Å². The molecule has 4 N–H and O–H groups in total. The van der Waals surface area contributed by atoms with E-state index in [-0.39, 0.29) is 19.1 Å². The van der Waals surface area contributed by atoms with Crippen LogP contribution in [0.3, 0.4) is 0 Å². The zero-order chi connectivity index (χ0) is 23.3. The van der Waals surface area contributed by atoms with Gasteiger partial charge in [-0.15, -0.1) is 0 Å². The number of hydrogen-bond acceptors (Lipinski definition) is 7. The normalized spacial score (nSPS) is 12.6. The zero-order valence-electron chi connectivity index (χ0n) is 18.0. The molecule has 0 aromatic heterocycles. The van der Waals surface area contributed by atoms with Crippen LogP contribution in [0.25, 0.3) is 0 Å². The number of carbonyl (C=O) groups is 2. The topological polar surface area (TPSA) is 126 Å². The summed E-state index contributed by atoms with van der Waals surface area (Å²) in [4.78, 5) is 23.8. The molecule has 9 nitrogen and oxygen atoms in total. The fraction of sp³-hybridized carbons (Fsp3) is 0.304. The van der Waals surface area contributed by atoms with Crippen molar-refractivity contribution in [1.29, 1.82) is 0 Å². The van der Waals surface area contributed by atoms with Crippen LogP contribution in [0.15, 0.2) is 60.7 Å². The molecule has 9 heteroatoms. The van der Waals surface area contributed by atoms with Crippen LogP contribution in [-0.4, -0.2) is 42.6 Å². The standard InChI is InChI=1S/C23H28N2O7/c1-16(4-3-5-21(27)25-29)22(17-6-10-20(11-7-17)31-15-14-26)32-23(28)24-18-8-12-19(30-2)13-9-18/h3,5-13,16,22,26,29H,4,14-15H2,1-2H3,(H,24,28)(H,25,27)/b5-3+/t16-,22+/m1/s1. The molecule has 2 amide bonds. The van der Waals surface area contributed by atoms with Gasteiger partial charge in [0, 0.05) is 17.7 Å². The molecule has 0 aliphatic rings. The van der Waals surface area contributed by atoms with E-state index in [0.29, 0.717) is 23.6 Å². The molecule has 2 atom stereocenters. The molecule has 0 bridgehead atoms. The van der Waals surface area contributed by atoms with E-state index in [2.05, 4.69) is 5.32 Å². The highest BCUT2D eigenvalue weighted by atomic mass is 16.6. The molecule has 0 saturated heterocycles. The summed E-state index contributed by atoms with van der Waals surface area (Å²) in [5.41, 5.74) is 2.81. The second kappa shape index (κ2) is 13.0. The van der Waals surface area contributed by atoms with Crippen LogP contribution in [0.2, 0.25) is 0 Å². The summed E-state index contributed by atoms with van der Waals surface area (Å²) < 4.78 is 16.2. The quantitative estimate of drug-likeness (QED) is 0.238. The summed E-state index contributed by atoms with van der Waals surface area (Å²) in [7, 11) is 1.56. The summed E-state index contributed by atoms with van der Waals surface area (Å²) in [5.74, 6) is 0.412. The highest BCUT2D eigenvalue weighted by Crippen LogP contribution is 2.30. The third-order valence-electron chi connectivity index (χ3n) is 4.54. The Morgan fingerprint density at radius 1 is 1.06 bits per heavy atom. The fourth-order valence-electron chi connectivity index (χ4n) is 2.92. The number of aliphatic hydroxyl groups is 1. The first-order chi connectivity index (χ1) is 15.5. The molecular formula is C23H28N2O7. The van der Waals surface area contributed by atoms with Gasteiger partial charge in [-0.3, -0.25) is 15.3 Å². The first-order valence-corrected chi connectivity index (χ1v) is 10.0. The van der Waals surface area contributed by atoms with Gasteiger partial charge >= 0.3 is 6.09 Å². The lowest BCUT2D eigenvalue weighted by Crippen LogP contribution is -2.22. The van der Waals surface area contributed by atoms with Crippen LogP contribution >= 0.6 is 0 Å². The molecule has 0 fully saturated rings. The Morgan fingerprint density at radius 2 is 1.72 bits per heavy atom. The molecule has 0 unspecified atom stereocenters. The van der Waals surface area contributed by atoms with Crippen molar-refractivity contribution in [1.82, 2.24) is 5.48 Å². The van der Waals surface area contributed by atoms with E-state index in [0.717, 1.165) is 5.56 Å². The van der Waals surface area contributed by atoms with Crippen LogP contribution in [0.5, 0.6) is 11.5 Å². The number of allylic oxidation sites excluding steroid dienone is 1. The molecule has 0 radical (unpaired) electrons. The van der Waals surface area contributed by atoms with Gasteiger partial charge < -0.3 is 19.3 Å². The van der Waals surface area contributed by atoms with Crippen molar-refractivity contribution in [2.24, 2.45) is 5.92 Å². The van der Waals surface area contributed by atoms with Crippen LogP contribution < -0.4 is 20.3 Å². The second-order valence-electron chi connectivity index (χ2n) is 6.91. The van der Waals surface area contributed by atoms with Gasteiger partial charge in [-0.2, -0.15) is 0 Å². The van der Waals surface area contributed by atoms with Gasteiger partial charge in [-0.1, -0.05) is 25.1 Å². The largest absolute Gasteiger partial charge is 0.497 e. The number of nitrogens with one attached hydrogen (secondary N) is 2. The highest BCUT2D eigenvalue weighted by molar-refractivity contribution is 5.86. The lowest BCUT2D eigenvalue weighted by molar-refractivity contribution is -0.124. The van der Waals surface area contributed by atoms with Crippen LogP contribution in [0, 0.1) is 5.92 Å². The second-order valence-corrected chi connectivity index (χ2v) is 6.91. The lowest BCUT2D eigenvalue weighted by atomic mass is 9.94. The first kappa shape index (κ1) is 24.7. The summed E-state index contributed by atoms with van der Waals surface area (Å²) >= 11 is 0. The number of rotatable bonds is 11. The third kappa shape index (κ3) is 7.93. The molecule has 2 aromatic carbocycles. The van der Waals surface area contributed by atoms with Crippen molar-refractivity contribution in [2.45, 2.75) is 19.4 Å². The van der Waals surface area contributed by atoms with E-state index in [1.54, 1.807) is 61.7 Å². The molecule has 0 spiro atoms. The molecule has 32 heavy (non-hydrogen) atoms. The maximum atomic E-state index is 12.6. The Morgan fingerprint density at radius 3 is 2.31 bits per heavy atom. The smallest absolute Gasteiger partial charge is 0.412 e. The van der Waals surface area contributed by atoms with Crippen LogP contribution in [0.4, 0.5) is 10.5 Å². The van der Waals surface area contributed by atoms with E-state index < -0.39 is 18.1 Å². The maximum Gasteiger partial charge on any atom is 0.412 e. The molecule has 0 aliphatic heterocycles. The third-order valence-corrected chi connectivity index (χ3v) is 4.54. The minimum absolute atomic E-state index is 0.0934. The summed E-state index contributed by atoms with van der Waals surface area (Å²) in [5, 5.41) is 20.2. The number of methoxy groups -OCH3 is 1. The molecular weight excluding hydrogens is 416 g/mol. The Balaban J connectivity index is 2.13. The number of amides is 2. The Kier molecular flexibility index (Phi) is 10.0. The average molecular weight is 444 g/mol. The minimum atomic E-state index is -0.641. The van der Waals surface area contributed by atoms with Gasteiger partial charge in [0.25, 0.3) is 5.91 Å². The maximum absolute atomic E-state index is 12.6. The van der Waals surface area contributed by atoms with Crippen LogP contribution in [-0.2, 0) is 9.53 Å². The van der Waals surface area contributed by atoms with Gasteiger partial charge in [0.05, 0.1) is 13.7 Å². The summed E-state index contributed by atoms with van der Waals surface area (Å²) in [6.45, 7) is 1.96. The van der Waals surface area contributed by atoms with Crippen molar-refractivity contribution in [3.63, 3.8) is 0 Å². The number of anilines is 1. The molecule has 0 aliphatic carbocycles. The van der Waals surface area contributed by atoms with Gasteiger partial charge in [-0.05, 0) is 48.4 Å². The number of hydroxylamine groups is 1. The summed E-state index contributed by atoms with van der Waals surface area (Å²) in [6.07, 6.45) is 1.95. The SMILES string of the molecule is COc1ccc(NC(=O)O[C@H](c2ccc(OCCO)cc2)[C@H](C)C/C=C/C(=O)NO)cc1. The Labute approximate surface area is 186 Å². The van der Waals surface area contributed by atoms with E-state index in [4.69, 9.17) is 24.5 Å². The Bertz CT molecular complexity index is 882. The Hall–Kier alpha value is -3.56. The van der Waals surface area contributed by atoms with Gasteiger partial charge in [-0.25, -0.2) is 10.3 Å². The van der Waals surface area contributed by atoms with Gasteiger partial charge in [0.15, 0.2) is 0 Å². The fourth-order valence-corrected chi connectivity index (χ4v) is 2.92. The van der Waals surface area contributed by atoms with E-state index in [9.17, 15) is 9.59 Å². The molecule has 0 saturated carbocycles. The molecule has 2 rings (SSSR count). The number of hydrogen-bond donors (Lipinski definition) is 4. The average Bonchev–Trinajstić information content (AvgIpc) is 2.81. The predicted octanol–water partition coefficient (Wildman–Crippen LogP) is 3.44. The number of benzene rings is 2. The van der Waals surface area contributed by atoms with E-state index in [1.807, 2.05) is 6.92 Å². The molecule has 0 heterocycles. The van der Waals surface area contributed by atoms with E-state index in [1.165, 1.54) is 11.6 Å². The predicted molar refractivity (Wildman–Crippen MR) is 118 cm³/mol. The van der Waals surface area contributed by atoms with Crippen molar-refractivity contribution >= 4 is 17.7 Å². The molecule has 2 aromatic rings. The number of carbonyl (C=O) groups excluding carboxylic acids is 2. The van der Waals surface area contributed by atoms with Crippen molar-refractivity contribution < 1.29 is 34.1 Å². The minimum Gasteiger partial charge on any atom is -0.497 e. The van der Waals surface area contributed by atoms with Crippen LogP contribution in [0.1, 0.15) is 25.0 Å². The highest BCUT2D eigenvalue weighted by Gasteiger charge is 2.23. The monoisotopic (exact) mass is 444 g/mol. The van der Waals surface area contributed by atoms with Crippen molar-refractivity contribution in [3.8, 4) is 11.5 Å². The molecule has 172 valence electrons. The van der Waals surface area contributed by atoms with E-state index >= 15 is 0 Å². The lowest BCUT2D eigenvalue weighted by Gasteiger charge is -2.24. The number of aliphatic hydroxyl groups excluding tert-OH is 1. The van der Waals surface area contributed by atoms with Crippen molar-refractivity contribution in [2.75, 3.05) is 25.6 Å². The zero-order valence-corrected chi connectivity index (χ0v) is 18.0. The van der Waals surface area contributed by atoms with Crippen molar-refractivity contribution in [3.05, 3.63) is 66.2 Å². The number of ether oxygens (including phenoxy) is 3. The first-order valence-electron chi connectivity index (χ1n) is 10.0. The van der Waals surface area contributed by atoms with Gasteiger partial charge in [0.1, 0.15) is 24.2 Å².